The second-order valence-electron chi connectivity index (χ2n) is 5.50. The van der Waals surface area contributed by atoms with Crippen LogP contribution in [0.1, 0.15) is 24.8 Å². The molecule has 2 aromatic rings. The van der Waals surface area contributed by atoms with E-state index in [1.54, 1.807) is 12.1 Å². The molecule has 0 bridgehead atoms. The predicted molar refractivity (Wildman–Crippen MR) is 91.7 cm³/mol. The fraction of sp³-hybridized carbons (Fsp3) is 0.200. The standard InChI is InChI=1S/C20H22O/c1-4-11-20(12-5-2,13-6-3)18-9-7-17-15-19(21)10-8-16(17)14-18/h4-10,14-15,21H,1-3,11-13H2. The number of phenolic OH excluding ortho intramolecular Hbond substituents is 1. The molecule has 1 heteroatoms. The first-order valence-electron chi connectivity index (χ1n) is 7.21. The highest BCUT2D eigenvalue weighted by atomic mass is 16.3. The van der Waals surface area contributed by atoms with Crippen molar-refractivity contribution in [2.24, 2.45) is 0 Å². The molecule has 1 nitrogen and oxygen atoms in total. The first-order valence-corrected chi connectivity index (χ1v) is 7.21. The van der Waals surface area contributed by atoms with Crippen LogP contribution < -0.4 is 0 Å². The summed E-state index contributed by atoms with van der Waals surface area (Å²) < 4.78 is 0. The van der Waals surface area contributed by atoms with Crippen LogP contribution in [0.2, 0.25) is 0 Å². The van der Waals surface area contributed by atoms with Crippen molar-refractivity contribution >= 4 is 10.8 Å². The van der Waals surface area contributed by atoms with E-state index in [1.807, 2.05) is 24.3 Å². The van der Waals surface area contributed by atoms with E-state index in [2.05, 4.69) is 37.9 Å². The summed E-state index contributed by atoms with van der Waals surface area (Å²) in [5.41, 5.74) is 1.23. The zero-order chi connectivity index (χ0) is 15.3. The van der Waals surface area contributed by atoms with Crippen LogP contribution >= 0.6 is 0 Å². The van der Waals surface area contributed by atoms with Crippen molar-refractivity contribution in [3.63, 3.8) is 0 Å². The molecule has 0 heterocycles. The Morgan fingerprint density at radius 2 is 1.33 bits per heavy atom. The van der Waals surface area contributed by atoms with Gasteiger partial charge in [-0.05, 0) is 47.7 Å². The molecule has 2 aromatic carbocycles. The normalized spacial score (nSPS) is 11.2. The maximum Gasteiger partial charge on any atom is 0.116 e. The summed E-state index contributed by atoms with van der Waals surface area (Å²) >= 11 is 0. The van der Waals surface area contributed by atoms with Crippen LogP contribution in [0, 0.1) is 0 Å². The molecular weight excluding hydrogens is 256 g/mol. The summed E-state index contributed by atoms with van der Waals surface area (Å²) in [5.74, 6) is 0.296. The fourth-order valence-corrected chi connectivity index (χ4v) is 3.00. The molecule has 0 aliphatic heterocycles. The Morgan fingerprint density at radius 3 is 1.90 bits per heavy atom. The number of rotatable bonds is 7. The van der Waals surface area contributed by atoms with Gasteiger partial charge >= 0.3 is 0 Å². The summed E-state index contributed by atoms with van der Waals surface area (Å²) in [4.78, 5) is 0. The third kappa shape index (κ3) is 3.08. The Balaban J connectivity index is 2.57. The van der Waals surface area contributed by atoms with Gasteiger partial charge in [0.25, 0.3) is 0 Å². The number of hydrogen-bond donors (Lipinski definition) is 1. The summed E-state index contributed by atoms with van der Waals surface area (Å²) in [7, 11) is 0. The molecule has 0 aromatic heterocycles. The summed E-state index contributed by atoms with van der Waals surface area (Å²) in [6.07, 6.45) is 8.55. The highest BCUT2D eigenvalue weighted by Gasteiger charge is 2.28. The first-order chi connectivity index (χ1) is 10.1. The zero-order valence-electron chi connectivity index (χ0n) is 12.4. The second kappa shape index (κ2) is 6.45. The molecular formula is C20H22O. The molecule has 0 aliphatic carbocycles. The molecule has 0 unspecified atom stereocenters. The lowest BCUT2D eigenvalue weighted by atomic mass is 9.72. The second-order valence-corrected chi connectivity index (χ2v) is 5.50. The monoisotopic (exact) mass is 278 g/mol. The number of hydrogen-bond acceptors (Lipinski definition) is 1. The van der Waals surface area contributed by atoms with E-state index in [0.717, 1.165) is 30.0 Å². The van der Waals surface area contributed by atoms with Gasteiger partial charge in [0.05, 0.1) is 0 Å². The Labute approximate surface area is 126 Å². The molecule has 0 spiro atoms. The molecule has 21 heavy (non-hydrogen) atoms. The van der Waals surface area contributed by atoms with E-state index in [1.165, 1.54) is 5.56 Å². The van der Waals surface area contributed by atoms with Crippen molar-refractivity contribution in [1.29, 1.82) is 0 Å². The lowest BCUT2D eigenvalue weighted by Gasteiger charge is -2.32. The SMILES string of the molecule is C=CCC(CC=C)(CC=C)c1ccc2cc(O)ccc2c1. The van der Waals surface area contributed by atoms with Gasteiger partial charge in [-0.25, -0.2) is 0 Å². The third-order valence-corrected chi connectivity index (χ3v) is 4.04. The summed E-state index contributed by atoms with van der Waals surface area (Å²) in [6, 6.07) is 11.9. The highest BCUT2D eigenvalue weighted by molar-refractivity contribution is 5.84. The van der Waals surface area contributed by atoms with E-state index in [4.69, 9.17) is 0 Å². The Bertz CT molecular complexity index is 640. The van der Waals surface area contributed by atoms with Crippen molar-refractivity contribution < 1.29 is 5.11 Å². The van der Waals surface area contributed by atoms with E-state index in [-0.39, 0.29) is 5.41 Å². The largest absolute Gasteiger partial charge is 0.508 e. The van der Waals surface area contributed by atoms with Gasteiger partial charge in [-0.3, -0.25) is 0 Å². The van der Waals surface area contributed by atoms with Gasteiger partial charge in [-0.2, -0.15) is 0 Å². The van der Waals surface area contributed by atoms with Crippen LogP contribution in [0.5, 0.6) is 5.75 Å². The minimum atomic E-state index is -0.0304. The van der Waals surface area contributed by atoms with Gasteiger partial charge in [0.2, 0.25) is 0 Å². The van der Waals surface area contributed by atoms with E-state index < -0.39 is 0 Å². The van der Waals surface area contributed by atoms with Crippen LogP contribution in [-0.2, 0) is 5.41 Å². The smallest absolute Gasteiger partial charge is 0.116 e. The number of fused-ring (bicyclic) bond motifs is 1. The topological polar surface area (TPSA) is 20.2 Å². The Kier molecular flexibility index (Phi) is 4.64. The van der Waals surface area contributed by atoms with Crippen LogP contribution in [0.4, 0.5) is 0 Å². The van der Waals surface area contributed by atoms with Gasteiger partial charge in [-0.15, -0.1) is 19.7 Å². The van der Waals surface area contributed by atoms with Crippen LogP contribution in [0.15, 0.2) is 74.4 Å². The lowest BCUT2D eigenvalue weighted by molar-refractivity contribution is 0.442. The minimum absolute atomic E-state index is 0.0304. The highest BCUT2D eigenvalue weighted by Crippen LogP contribution is 2.38. The Morgan fingerprint density at radius 1 is 0.810 bits per heavy atom. The third-order valence-electron chi connectivity index (χ3n) is 4.04. The fourth-order valence-electron chi connectivity index (χ4n) is 3.00. The van der Waals surface area contributed by atoms with E-state index in [9.17, 15) is 5.11 Å². The molecule has 1 N–H and O–H groups in total. The predicted octanol–water partition coefficient (Wildman–Crippen LogP) is 5.51. The molecule has 2 rings (SSSR count). The van der Waals surface area contributed by atoms with Crippen LogP contribution in [0.3, 0.4) is 0 Å². The molecule has 0 fully saturated rings. The van der Waals surface area contributed by atoms with Crippen LogP contribution in [0.25, 0.3) is 10.8 Å². The Hall–Kier alpha value is -2.28. The van der Waals surface area contributed by atoms with Gasteiger partial charge in [-0.1, -0.05) is 42.5 Å². The van der Waals surface area contributed by atoms with Crippen molar-refractivity contribution in [2.75, 3.05) is 0 Å². The zero-order valence-corrected chi connectivity index (χ0v) is 12.4. The van der Waals surface area contributed by atoms with Gasteiger partial charge in [0.15, 0.2) is 0 Å². The number of phenols is 1. The van der Waals surface area contributed by atoms with Gasteiger partial charge in [0, 0.05) is 5.41 Å². The maximum absolute atomic E-state index is 9.57. The van der Waals surface area contributed by atoms with Gasteiger partial charge < -0.3 is 5.11 Å². The van der Waals surface area contributed by atoms with Crippen molar-refractivity contribution in [3.8, 4) is 5.75 Å². The molecule has 0 saturated heterocycles. The molecule has 0 amide bonds. The average Bonchev–Trinajstić information content (AvgIpc) is 2.47. The van der Waals surface area contributed by atoms with Crippen LogP contribution in [-0.4, -0.2) is 5.11 Å². The quantitative estimate of drug-likeness (QED) is 0.662. The first kappa shape index (κ1) is 15.1. The van der Waals surface area contributed by atoms with E-state index >= 15 is 0 Å². The number of aromatic hydroxyl groups is 1. The van der Waals surface area contributed by atoms with Crippen molar-refractivity contribution in [3.05, 3.63) is 79.9 Å². The maximum atomic E-state index is 9.57. The van der Waals surface area contributed by atoms with Gasteiger partial charge in [0.1, 0.15) is 5.75 Å². The molecule has 0 saturated carbocycles. The van der Waals surface area contributed by atoms with E-state index in [0.29, 0.717) is 5.75 Å². The molecule has 0 atom stereocenters. The molecule has 0 radical (unpaired) electrons. The summed E-state index contributed by atoms with van der Waals surface area (Å²) in [6.45, 7) is 11.7. The van der Waals surface area contributed by atoms with Crippen molar-refractivity contribution in [2.45, 2.75) is 24.7 Å². The minimum Gasteiger partial charge on any atom is -0.508 e. The number of benzene rings is 2. The lowest BCUT2D eigenvalue weighted by Crippen LogP contribution is -2.24. The molecule has 108 valence electrons. The molecule has 0 aliphatic rings. The average molecular weight is 278 g/mol. The number of allylic oxidation sites excluding steroid dienone is 3. The summed E-state index contributed by atoms with van der Waals surface area (Å²) in [5, 5.41) is 11.7. The van der Waals surface area contributed by atoms with Crippen molar-refractivity contribution in [1.82, 2.24) is 0 Å².